The van der Waals surface area contributed by atoms with Crippen LogP contribution in [0.15, 0.2) is 24.3 Å². The fraction of sp³-hybridized carbons (Fsp3) is 0.562. The van der Waals surface area contributed by atoms with E-state index >= 15 is 0 Å². The Bertz CT molecular complexity index is 459. The summed E-state index contributed by atoms with van der Waals surface area (Å²) < 4.78 is 0. The zero-order valence-electron chi connectivity index (χ0n) is 12.2. The summed E-state index contributed by atoms with van der Waals surface area (Å²) in [5.41, 5.74) is 1.43. The Morgan fingerprint density at radius 1 is 1.24 bits per heavy atom. The van der Waals surface area contributed by atoms with Crippen molar-refractivity contribution in [3.05, 3.63) is 29.8 Å². The zero-order chi connectivity index (χ0) is 15.1. The smallest absolute Gasteiger partial charge is 0.255 e. The third kappa shape index (κ3) is 4.61. The van der Waals surface area contributed by atoms with Crippen LogP contribution in [-0.2, 0) is 0 Å². The molecule has 1 saturated heterocycles. The Balaban J connectivity index is 2.08. The second kappa shape index (κ2) is 8.25. The van der Waals surface area contributed by atoms with Gasteiger partial charge in [0.1, 0.15) is 0 Å². The predicted molar refractivity (Wildman–Crippen MR) is 86.0 cm³/mol. The van der Waals surface area contributed by atoms with Crippen molar-refractivity contribution in [2.24, 2.45) is 0 Å². The maximum absolute atomic E-state index is 12.7. The number of carbonyl (C=O) groups excluding carboxylic acids is 1. The Labute approximate surface area is 131 Å². The number of benzene rings is 1. The molecule has 0 radical (unpaired) electrons. The van der Waals surface area contributed by atoms with Crippen LogP contribution in [0.2, 0.25) is 0 Å². The van der Waals surface area contributed by atoms with Crippen molar-refractivity contribution in [2.75, 3.05) is 30.8 Å². The van der Waals surface area contributed by atoms with E-state index < -0.39 is 6.10 Å². The maximum atomic E-state index is 12.7. The van der Waals surface area contributed by atoms with Crippen molar-refractivity contribution in [3.63, 3.8) is 0 Å². The van der Waals surface area contributed by atoms with Crippen LogP contribution < -0.4 is 5.32 Å². The lowest BCUT2D eigenvalue weighted by atomic mass is 10.1. The molecule has 1 aliphatic rings. The first-order valence-corrected chi connectivity index (χ1v) is 8.12. The first-order chi connectivity index (χ1) is 10.2. The van der Waals surface area contributed by atoms with Crippen molar-refractivity contribution >= 4 is 23.2 Å². The minimum absolute atomic E-state index is 0.0698. The van der Waals surface area contributed by atoms with E-state index in [1.165, 1.54) is 12.8 Å². The monoisotopic (exact) mass is 310 g/mol. The lowest BCUT2D eigenvalue weighted by Crippen LogP contribution is -2.32. The van der Waals surface area contributed by atoms with Gasteiger partial charge in [-0.15, -0.1) is 11.6 Å². The first kappa shape index (κ1) is 16.1. The van der Waals surface area contributed by atoms with Crippen LogP contribution in [-0.4, -0.2) is 47.5 Å². The number of anilines is 1. The van der Waals surface area contributed by atoms with Gasteiger partial charge in [-0.25, -0.2) is 0 Å². The van der Waals surface area contributed by atoms with Crippen molar-refractivity contribution in [1.82, 2.24) is 4.90 Å². The molecule has 1 aromatic carbocycles. The number of para-hydroxylation sites is 1. The van der Waals surface area contributed by atoms with Gasteiger partial charge in [-0.1, -0.05) is 25.0 Å². The van der Waals surface area contributed by atoms with Crippen molar-refractivity contribution in [3.8, 4) is 0 Å². The predicted octanol–water partition coefficient (Wildman–Crippen LogP) is 2.71. The zero-order valence-corrected chi connectivity index (χ0v) is 13.0. The summed E-state index contributed by atoms with van der Waals surface area (Å²) in [6.45, 7) is 2.00. The molecule has 1 aromatic rings. The maximum Gasteiger partial charge on any atom is 0.255 e. The van der Waals surface area contributed by atoms with Crippen LogP contribution in [0.4, 0.5) is 5.69 Å². The third-order valence-corrected chi connectivity index (χ3v) is 4.11. The molecule has 0 saturated carbocycles. The highest BCUT2D eigenvalue weighted by atomic mass is 35.5. The molecule has 21 heavy (non-hydrogen) atoms. The molecule has 0 bridgehead atoms. The Morgan fingerprint density at radius 3 is 2.57 bits per heavy atom. The van der Waals surface area contributed by atoms with Gasteiger partial charge in [0.05, 0.1) is 17.5 Å². The molecule has 1 heterocycles. The highest BCUT2D eigenvalue weighted by Gasteiger charge is 2.19. The number of hydrogen-bond donors (Lipinski definition) is 2. The van der Waals surface area contributed by atoms with Crippen LogP contribution >= 0.6 is 11.6 Å². The number of aliphatic hydroxyl groups excluding tert-OH is 1. The molecule has 116 valence electrons. The molecule has 0 spiro atoms. The molecule has 4 nitrogen and oxygen atoms in total. The second-order valence-electron chi connectivity index (χ2n) is 5.44. The van der Waals surface area contributed by atoms with Crippen molar-refractivity contribution in [2.45, 2.75) is 31.8 Å². The van der Waals surface area contributed by atoms with E-state index in [4.69, 9.17) is 11.6 Å². The lowest BCUT2D eigenvalue weighted by Gasteiger charge is -2.22. The molecule has 1 amide bonds. The SMILES string of the molecule is O=C(c1ccccc1NCC(O)CCl)N1CCCCCC1. The largest absolute Gasteiger partial charge is 0.390 e. The number of likely N-dealkylation sites (tertiary alicyclic amines) is 1. The summed E-state index contributed by atoms with van der Waals surface area (Å²) in [4.78, 5) is 14.6. The van der Waals surface area contributed by atoms with Gasteiger partial charge < -0.3 is 15.3 Å². The minimum atomic E-state index is -0.618. The highest BCUT2D eigenvalue weighted by molar-refractivity contribution is 6.18. The quantitative estimate of drug-likeness (QED) is 0.822. The van der Waals surface area contributed by atoms with Gasteiger partial charge in [0, 0.05) is 25.3 Å². The normalized spacial score (nSPS) is 17.1. The van der Waals surface area contributed by atoms with Gasteiger partial charge in [-0.3, -0.25) is 4.79 Å². The standard InChI is InChI=1S/C16H23ClN2O2/c17-11-13(20)12-18-15-8-4-3-7-14(15)16(21)19-9-5-1-2-6-10-19/h3-4,7-8,13,18,20H,1-2,5-6,9-12H2. The first-order valence-electron chi connectivity index (χ1n) is 7.58. The van der Waals surface area contributed by atoms with Crippen molar-refractivity contribution < 1.29 is 9.90 Å². The van der Waals surface area contributed by atoms with Gasteiger partial charge in [0.2, 0.25) is 0 Å². The number of amides is 1. The number of carbonyl (C=O) groups is 1. The average molecular weight is 311 g/mol. The van der Waals surface area contributed by atoms with E-state index in [1.54, 1.807) is 0 Å². The van der Waals surface area contributed by atoms with E-state index in [9.17, 15) is 9.90 Å². The summed E-state index contributed by atoms with van der Waals surface area (Å²) in [5.74, 6) is 0.246. The van der Waals surface area contributed by atoms with E-state index in [0.29, 0.717) is 12.1 Å². The third-order valence-electron chi connectivity index (χ3n) is 3.76. The molecule has 0 aliphatic carbocycles. The summed E-state index contributed by atoms with van der Waals surface area (Å²) in [7, 11) is 0. The van der Waals surface area contributed by atoms with Gasteiger partial charge in [0.15, 0.2) is 0 Å². The van der Waals surface area contributed by atoms with Gasteiger partial charge in [0.25, 0.3) is 5.91 Å². The molecule has 2 rings (SSSR count). The molecule has 5 heteroatoms. The van der Waals surface area contributed by atoms with Crippen LogP contribution in [0, 0.1) is 0 Å². The second-order valence-corrected chi connectivity index (χ2v) is 5.75. The number of nitrogens with one attached hydrogen (secondary N) is 1. The topological polar surface area (TPSA) is 52.6 Å². The summed E-state index contributed by atoms with van der Waals surface area (Å²) in [6.07, 6.45) is 3.93. The fourth-order valence-electron chi connectivity index (χ4n) is 2.55. The van der Waals surface area contributed by atoms with E-state index in [-0.39, 0.29) is 11.8 Å². The van der Waals surface area contributed by atoms with Crippen molar-refractivity contribution in [1.29, 1.82) is 0 Å². The number of rotatable bonds is 5. The molecule has 1 fully saturated rings. The molecular weight excluding hydrogens is 288 g/mol. The van der Waals surface area contributed by atoms with E-state index in [2.05, 4.69) is 5.32 Å². The van der Waals surface area contributed by atoms with E-state index in [0.717, 1.165) is 31.6 Å². The summed E-state index contributed by atoms with van der Waals surface area (Å²) in [5, 5.41) is 12.7. The number of nitrogens with zero attached hydrogens (tertiary/aromatic N) is 1. The number of aliphatic hydroxyl groups is 1. The molecular formula is C16H23ClN2O2. The molecule has 1 aliphatic heterocycles. The summed E-state index contributed by atoms with van der Waals surface area (Å²) in [6, 6.07) is 7.46. The fourth-order valence-corrected chi connectivity index (χ4v) is 2.66. The average Bonchev–Trinajstić information content (AvgIpc) is 2.81. The van der Waals surface area contributed by atoms with Gasteiger partial charge in [-0.05, 0) is 25.0 Å². The van der Waals surface area contributed by atoms with Crippen LogP contribution in [0.5, 0.6) is 0 Å². The number of hydrogen-bond acceptors (Lipinski definition) is 3. The van der Waals surface area contributed by atoms with E-state index in [1.807, 2.05) is 29.2 Å². The number of halogens is 1. The Hall–Kier alpha value is -1.26. The van der Waals surface area contributed by atoms with Crippen LogP contribution in [0.1, 0.15) is 36.0 Å². The van der Waals surface area contributed by atoms with Gasteiger partial charge in [-0.2, -0.15) is 0 Å². The molecule has 2 N–H and O–H groups in total. The van der Waals surface area contributed by atoms with Crippen LogP contribution in [0.3, 0.4) is 0 Å². The van der Waals surface area contributed by atoms with Gasteiger partial charge >= 0.3 is 0 Å². The van der Waals surface area contributed by atoms with Crippen LogP contribution in [0.25, 0.3) is 0 Å². The Morgan fingerprint density at radius 2 is 1.90 bits per heavy atom. The molecule has 1 unspecified atom stereocenters. The lowest BCUT2D eigenvalue weighted by molar-refractivity contribution is 0.0762. The number of alkyl halides is 1. The minimum Gasteiger partial charge on any atom is -0.390 e. The molecule has 1 atom stereocenters. The summed E-state index contributed by atoms with van der Waals surface area (Å²) >= 11 is 5.60. The highest BCUT2D eigenvalue weighted by Crippen LogP contribution is 2.20. The Kier molecular flexibility index (Phi) is 6.33. The molecule has 0 aromatic heterocycles.